The summed E-state index contributed by atoms with van der Waals surface area (Å²) in [6.07, 6.45) is 9.14. The van der Waals surface area contributed by atoms with E-state index in [-0.39, 0.29) is 6.10 Å². The summed E-state index contributed by atoms with van der Waals surface area (Å²) in [7, 11) is 3.40. The van der Waals surface area contributed by atoms with Crippen LogP contribution < -0.4 is 10.1 Å². The molecule has 3 nitrogen and oxygen atoms in total. The summed E-state index contributed by atoms with van der Waals surface area (Å²) in [5.41, 5.74) is 1.22. The number of methoxy groups -OCH3 is 2. The van der Waals surface area contributed by atoms with E-state index in [1.54, 1.807) is 14.2 Å². The van der Waals surface area contributed by atoms with E-state index in [2.05, 4.69) is 23.5 Å². The number of nitrogens with one attached hydrogen (secondary N) is 1. The van der Waals surface area contributed by atoms with Gasteiger partial charge in [0.05, 0.1) is 13.2 Å². The highest BCUT2D eigenvalue weighted by Gasteiger charge is 1.97. The van der Waals surface area contributed by atoms with Crippen LogP contribution in [-0.2, 0) is 11.3 Å². The molecular weight excluding hydrogens is 238 g/mol. The topological polar surface area (TPSA) is 30.5 Å². The van der Waals surface area contributed by atoms with Crippen molar-refractivity contribution in [1.82, 2.24) is 5.32 Å². The summed E-state index contributed by atoms with van der Waals surface area (Å²) in [6.45, 7) is 2.80. The smallest absolute Gasteiger partial charge is 0.118 e. The second kappa shape index (κ2) is 9.22. The van der Waals surface area contributed by atoms with Gasteiger partial charge in [-0.05, 0) is 37.2 Å². The van der Waals surface area contributed by atoms with E-state index < -0.39 is 0 Å². The molecule has 0 aliphatic carbocycles. The van der Waals surface area contributed by atoms with Crippen LogP contribution in [0.2, 0.25) is 0 Å². The lowest BCUT2D eigenvalue weighted by atomic mass is 10.2. The molecule has 1 aromatic carbocycles. The maximum Gasteiger partial charge on any atom is 0.118 e. The second-order valence-electron chi connectivity index (χ2n) is 4.17. The van der Waals surface area contributed by atoms with Crippen molar-refractivity contribution in [3.05, 3.63) is 54.3 Å². The molecule has 1 N–H and O–H groups in total. The van der Waals surface area contributed by atoms with Crippen molar-refractivity contribution in [2.75, 3.05) is 14.2 Å². The van der Waals surface area contributed by atoms with Crippen molar-refractivity contribution in [1.29, 1.82) is 0 Å². The molecule has 0 radical (unpaired) electrons. The Labute approximate surface area is 115 Å². The Kier molecular flexibility index (Phi) is 7.44. The molecule has 0 spiro atoms. The Morgan fingerprint density at radius 3 is 2.53 bits per heavy atom. The van der Waals surface area contributed by atoms with Crippen LogP contribution in [0.1, 0.15) is 18.9 Å². The molecule has 0 aliphatic rings. The molecule has 1 unspecified atom stereocenters. The van der Waals surface area contributed by atoms with Crippen molar-refractivity contribution in [2.45, 2.75) is 26.0 Å². The van der Waals surface area contributed by atoms with Gasteiger partial charge in [0, 0.05) is 13.7 Å². The van der Waals surface area contributed by atoms with E-state index in [0.717, 1.165) is 18.7 Å². The number of hydrogen-bond donors (Lipinski definition) is 1. The fourth-order valence-corrected chi connectivity index (χ4v) is 1.67. The van der Waals surface area contributed by atoms with Crippen LogP contribution in [0.15, 0.2) is 48.7 Å². The zero-order valence-corrected chi connectivity index (χ0v) is 11.9. The van der Waals surface area contributed by atoms with E-state index in [0.29, 0.717) is 0 Å². The van der Waals surface area contributed by atoms with E-state index in [4.69, 9.17) is 9.47 Å². The first-order valence-corrected chi connectivity index (χ1v) is 6.47. The van der Waals surface area contributed by atoms with Gasteiger partial charge < -0.3 is 14.8 Å². The van der Waals surface area contributed by atoms with Crippen LogP contribution in [0.5, 0.6) is 5.75 Å². The lowest BCUT2D eigenvalue weighted by Gasteiger charge is -2.07. The molecule has 0 saturated carbocycles. The monoisotopic (exact) mass is 261 g/mol. The van der Waals surface area contributed by atoms with E-state index in [1.165, 1.54) is 5.56 Å². The molecule has 3 heteroatoms. The molecule has 1 atom stereocenters. The average molecular weight is 261 g/mol. The molecule has 104 valence electrons. The summed E-state index contributed by atoms with van der Waals surface area (Å²) in [5, 5.41) is 3.26. The van der Waals surface area contributed by atoms with Crippen LogP contribution >= 0.6 is 0 Å². The molecule has 0 amide bonds. The number of benzene rings is 1. The van der Waals surface area contributed by atoms with E-state index in [1.807, 2.05) is 37.4 Å². The van der Waals surface area contributed by atoms with Gasteiger partial charge in [0.15, 0.2) is 0 Å². The number of hydrogen-bond acceptors (Lipinski definition) is 3. The zero-order valence-electron chi connectivity index (χ0n) is 11.9. The SMILES string of the molecule is C/C=C\C(C/C=C/NCc1ccc(OC)cc1)OC. The molecular formula is C16H23NO2. The normalized spacial score (nSPS) is 13.0. The maximum absolute atomic E-state index is 5.30. The third-order valence-corrected chi connectivity index (χ3v) is 2.78. The van der Waals surface area contributed by atoms with Gasteiger partial charge in [0.2, 0.25) is 0 Å². The van der Waals surface area contributed by atoms with Gasteiger partial charge in [-0.15, -0.1) is 0 Å². The third-order valence-electron chi connectivity index (χ3n) is 2.78. The molecule has 0 saturated heterocycles. The fraction of sp³-hybridized carbons (Fsp3) is 0.375. The first kappa shape index (κ1) is 15.3. The predicted molar refractivity (Wildman–Crippen MR) is 79.2 cm³/mol. The summed E-state index contributed by atoms with van der Waals surface area (Å²) < 4.78 is 10.4. The molecule has 0 aromatic heterocycles. The first-order chi connectivity index (χ1) is 9.30. The van der Waals surface area contributed by atoms with Gasteiger partial charge in [0.1, 0.15) is 5.75 Å². The van der Waals surface area contributed by atoms with Crippen LogP contribution in [0.4, 0.5) is 0 Å². The fourth-order valence-electron chi connectivity index (χ4n) is 1.67. The highest BCUT2D eigenvalue weighted by molar-refractivity contribution is 5.27. The maximum atomic E-state index is 5.30. The molecule has 0 aliphatic heterocycles. The molecule has 1 aromatic rings. The minimum Gasteiger partial charge on any atom is -0.497 e. The molecule has 1 rings (SSSR count). The molecule has 19 heavy (non-hydrogen) atoms. The average Bonchev–Trinajstić information content (AvgIpc) is 2.46. The highest BCUT2D eigenvalue weighted by Crippen LogP contribution is 2.10. The van der Waals surface area contributed by atoms with Crippen molar-refractivity contribution in [2.24, 2.45) is 0 Å². The quantitative estimate of drug-likeness (QED) is 0.728. The molecule has 0 bridgehead atoms. The van der Waals surface area contributed by atoms with Gasteiger partial charge in [-0.2, -0.15) is 0 Å². The highest BCUT2D eigenvalue weighted by atomic mass is 16.5. The number of allylic oxidation sites excluding steroid dienone is 1. The molecule has 0 heterocycles. The minimum absolute atomic E-state index is 0.157. The van der Waals surface area contributed by atoms with Crippen LogP contribution in [0.25, 0.3) is 0 Å². The van der Waals surface area contributed by atoms with Crippen LogP contribution in [0.3, 0.4) is 0 Å². The predicted octanol–water partition coefficient (Wildman–Crippen LogP) is 3.28. The first-order valence-electron chi connectivity index (χ1n) is 6.47. The van der Waals surface area contributed by atoms with E-state index in [9.17, 15) is 0 Å². The summed E-state index contributed by atoms with van der Waals surface area (Å²) in [6, 6.07) is 8.04. The summed E-state index contributed by atoms with van der Waals surface area (Å²) in [5.74, 6) is 0.883. The van der Waals surface area contributed by atoms with Gasteiger partial charge in [-0.25, -0.2) is 0 Å². The van der Waals surface area contributed by atoms with E-state index >= 15 is 0 Å². The number of ether oxygens (including phenoxy) is 2. The van der Waals surface area contributed by atoms with Crippen LogP contribution in [-0.4, -0.2) is 20.3 Å². The Hall–Kier alpha value is -1.74. The summed E-state index contributed by atoms with van der Waals surface area (Å²) >= 11 is 0. The summed E-state index contributed by atoms with van der Waals surface area (Å²) in [4.78, 5) is 0. The van der Waals surface area contributed by atoms with Gasteiger partial charge in [0.25, 0.3) is 0 Å². The Balaban J connectivity index is 2.28. The molecule has 0 fully saturated rings. The van der Waals surface area contributed by atoms with Crippen LogP contribution in [0, 0.1) is 0 Å². The third kappa shape index (κ3) is 6.11. The van der Waals surface area contributed by atoms with Crippen molar-refractivity contribution in [3.8, 4) is 5.75 Å². The van der Waals surface area contributed by atoms with Gasteiger partial charge >= 0.3 is 0 Å². The van der Waals surface area contributed by atoms with Gasteiger partial charge in [-0.3, -0.25) is 0 Å². The zero-order chi connectivity index (χ0) is 13.9. The Bertz CT molecular complexity index is 396. The number of rotatable bonds is 8. The van der Waals surface area contributed by atoms with Crippen molar-refractivity contribution in [3.63, 3.8) is 0 Å². The van der Waals surface area contributed by atoms with Gasteiger partial charge in [-0.1, -0.05) is 30.4 Å². The van der Waals surface area contributed by atoms with Crippen molar-refractivity contribution >= 4 is 0 Å². The Morgan fingerprint density at radius 2 is 1.95 bits per heavy atom. The minimum atomic E-state index is 0.157. The lowest BCUT2D eigenvalue weighted by molar-refractivity contribution is 0.143. The Morgan fingerprint density at radius 1 is 1.21 bits per heavy atom. The standard InChI is InChI=1S/C16H23NO2/c1-4-6-15(18-2)7-5-12-17-13-14-8-10-16(19-3)11-9-14/h4-6,8-12,15,17H,7,13H2,1-3H3/b6-4-,12-5+. The lowest BCUT2D eigenvalue weighted by Crippen LogP contribution is -2.07. The second-order valence-corrected chi connectivity index (χ2v) is 4.17. The van der Waals surface area contributed by atoms with Crippen molar-refractivity contribution < 1.29 is 9.47 Å². The largest absolute Gasteiger partial charge is 0.497 e.